The highest BCUT2D eigenvalue weighted by molar-refractivity contribution is 4.92. The number of nitrogens with two attached hydrogens (primary N) is 1. The van der Waals surface area contributed by atoms with Crippen molar-refractivity contribution in [2.24, 2.45) is 11.7 Å². The Kier molecular flexibility index (Phi) is 3.72. The molecular weight excluding hydrogens is 165 g/mol. The molecule has 2 heteroatoms. The van der Waals surface area contributed by atoms with Gasteiger partial charge in [0.1, 0.15) is 5.67 Å². The second-order valence-electron chi connectivity index (χ2n) is 4.40. The number of alkyl halides is 1. The predicted molar refractivity (Wildman–Crippen MR) is 54.4 cm³/mol. The van der Waals surface area contributed by atoms with Gasteiger partial charge in [-0.25, -0.2) is 4.39 Å². The minimum Gasteiger partial charge on any atom is -0.328 e. The Bertz CT molecular complexity index is 156. The average molecular weight is 187 g/mol. The summed E-state index contributed by atoms with van der Waals surface area (Å²) < 4.78 is 14.4. The summed E-state index contributed by atoms with van der Waals surface area (Å²) in [5, 5.41) is 0. The first-order valence-electron chi connectivity index (χ1n) is 5.57. The van der Waals surface area contributed by atoms with Crippen LogP contribution in [0.4, 0.5) is 4.39 Å². The van der Waals surface area contributed by atoms with Crippen LogP contribution in [-0.4, -0.2) is 11.7 Å². The minimum atomic E-state index is -0.957. The molecule has 0 amide bonds. The van der Waals surface area contributed by atoms with E-state index in [-0.39, 0.29) is 12.0 Å². The summed E-state index contributed by atoms with van der Waals surface area (Å²) >= 11 is 0. The number of rotatable bonds is 3. The highest BCUT2D eigenvalue weighted by Crippen LogP contribution is 2.40. The monoisotopic (exact) mass is 187 g/mol. The Labute approximate surface area is 80.9 Å². The maximum atomic E-state index is 14.4. The van der Waals surface area contributed by atoms with Crippen LogP contribution in [0.15, 0.2) is 0 Å². The maximum absolute atomic E-state index is 14.4. The van der Waals surface area contributed by atoms with Crippen LogP contribution in [0.2, 0.25) is 0 Å². The molecule has 0 saturated heterocycles. The molecular formula is C11H22FN. The van der Waals surface area contributed by atoms with Crippen molar-refractivity contribution >= 4 is 0 Å². The van der Waals surface area contributed by atoms with Crippen LogP contribution in [0.5, 0.6) is 0 Å². The molecule has 1 nitrogen and oxygen atoms in total. The lowest BCUT2D eigenvalue weighted by atomic mass is 9.73. The third-order valence-corrected chi connectivity index (χ3v) is 3.49. The molecule has 2 atom stereocenters. The molecule has 2 N–H and O–H groups in total. The molecule has 0 spiro atoms. The predicted octanol–water partition coefficient (Wildman–Crippen LogP) is 3.03. The van der Waals surface area contributed by atoms with E-state index in [4.69, 9.17) is 5.73 Å². The van der Waals surface area contributed by atoms with Crippen LogP contribution in [-0.2, 0) is 0 Å². The molecule has 0 aromatic heterocycles. The van der Waals surface area contributed by atoms with E-state index >= 15 is 0 Å². The van der Waals surface area contributed by atoms with Crippen LogP contribution in [0.3, 0.4) is 0 Å². The van der Waals surface area contributed by atoms with Crippen molar-refractivity contribution in [3.63, 3.8) is 0 Å². The Morgan fingerprint density at radius 2 is 2.08 bits per heavy atom. The fourth-order valence-electron chi connectivity index (χ4n) is 2.69. The van der Waals surface area contributed by atoms with Crippen LogP contribution in [0.1, 0.15) is 52.4 Å². The van der Waals surface area contributed by atoms with Crippen molar-refractivity contribution in [1.82, 2.24) is 0 Å². The van der Waals surface area contributed by atoms with Crippen molar-refractivity contribution in [3.05, 3.63) is 0 Å². The number of hydrogen-bond donors (Lipinski definition) is 1. The highest BCUT2D eigenvalue weighted by atomic mass is 19.1. The molecule has 1 saturated carbocycles. The van der Waals surface area contributed by atoms with Gasteiger partial charge in [-0.3, -0.25) is 0 Å². The summed E-state index contributed by atoms with van der Waals surface area (Å²) in [6.45, 7) is 4.16. The zero-order valence-electron chi connectivity index (χ0n) is 8.85. The van der Waals surface area contributed by atoms with E-state index in [9.17, 15) is 4.39 Å². The summed E-state index contributed by atoms with van der Waals surface area (Å²) in [4.78, 5) is 0. The molecule has 13 heavy (non-hydrogen) atoms. The van der Waals surface area contributed by atoms with Crippen molar-refractivity contribution in [2.45, 2.75) is 64.1 Å². The second kappa shape index (κ2) is 4.41. The van der Waals surface area contributed by atoms with Crippen LogP contribution < -0.4 is 5.73 Å². The van der Waals surface area contributed by atoms with Crippen molar-refractivity contribution in [3.8, 4) is 0 Å². The molecule has 0 bridgehead atoms. The second-order valence-corrected chi connectivity index (χ2v) is 4.40. The Balaban J connectivity index is 2.61. The third-order valence-electron chi connectivity index (χ3n) is 3.49. The minimum absolute atomic E-state index is 0.0966. The molecule has 2 unspecified atom stereocenters. The van der Waals surface area contributed by atoms with Gasteiger partial charge in [0, 0.05) is 6.04 Å². The van der Waals surface area contributed by atoms with Gasteiger partial charge in [0.2, 0.25) is 0 Å². The largest absolute Gasteiger partial charge is 0.328 e. The van der Waals surface area contributed by atoms with Gasteiger partial charge in [0.25, 0.3) is 0 Å². The van der Waals surface area contributed by atoms with E-state index in [1.165, 1.54) is 0 Å². The van der Waals surface area contributed by atoms with Crippen LogP contribution >= 0.6 is 0 Å². The van der Waals surface area contributed by atoms with E-state index in [1.54, 1.807) is 0 Å². The van der Waals surface area contributed by atoms with Crippen molar-refractivity contribution in [1.29, 1.82) is 0 Å². The lowest BCUT2D eigenvalue weighted by molar-refractivity contribution is 0.0266. The Hall–Kier alpha value is -0.110. The lowest BCUT2D eigenvalue weighted by Gasteiger charge is -2.38. The molecule has 1 fully saturated rings. The smallest absolute Gasteiger partial charge is 0.115 e. The average Bonchev–Trinajstić information content (AvgIpc) is 2.05. The normalized spacial score (nSPS) is 35.3. The van der Waals surface area contributed by atoms with Crippen LogP contribution in [0.25, 0.3) is 0 Å². The Morgan fingerprint density at radius 1 is 1.46 bits per heavy atom. The first kappa shape index (κ1) is 11.0. The van der Waals surface area contributed by atoms with E-state index in [1.807, 2.05) is 0 Å². The van der Waals surface area contributed by atoms with E-state index < -0.39 is 5.67 Å². The molecule has 0 aromatic carbocycles. The molecule has 0 radical (unpaired) electrons. The van der Waals surface area contributed by atoms with Gasteiger partial charge in [-0.2, -0.15) is 0 Å². The van der Waals surface area contributed by atoms with E-state index in [0.717, 1.165) is 32.1 Å². The zero-order chi connectivity index (χ0) is 9.90. The number of halogens is 1. The lowest BCUT2D eigenvalue weighted by Crippen LogP contribution is -2.43. The van der Waals surface area contributed by atoms with Gasteiger partial charge in [-0.05, 0) is 31.6 Å². The highest BCUT2D eigenvalue weighted by Gasteiger charge is 2.40. The fourth-order valence-corrected chi connectivity index (χ4v) is 2.69. The summed E-state index contributed by atoms with van der Waals surface area (Å²) in [6, 6.07) is 0.0966. The van der Waals surface area contributed by atoms with E-state index in [2.05, 4.69) is 13.8 Å². The molecule has 0 heterocycles. The standard InChI is InChI=1S/C11H22FN/c1-3-9(4-2)11(12)7-5-6-10(13)8-11/h9-10H,3-8,13H2,1-2H3. The molecule has 1 rings (SSSR count). The fraction of sp³-hybridized carbons (Fsp3) is 1.00. The SMILES string of the molecule is CCC(CC)C1(F)CCCC(N)C1. The number of hydrogen-bond acceptors (Lipinski definition) is 1. The van der Waals surface area contributed by atoms with Gasteiger partial charge in [0.05, 0.1) is 0 Å². The van der Waals surface area contributed by atoms with Gasteiger partial charge >= 0.3 is 0 Å². The maximum Gasteiger partial charge on any atom is 0.115 e. The summed E-state index contributed by atoms with van der Waals surface area (Å²) in [6.07, 6.45) is 5.17. The van der Waals surface area contributed by atoms with Crippen molar-refractivity contribution < 1.29 is 4.39 Å². The van der Waals surface area contributed by atoms with Gasteiger partial charge in [0.15, 0.2) is 0 Å². The van der Waals surface area contributed by atoms with Crippen molar-refractivity contribution in [2.75, 3.05) is 0 Å². The summed E-state index contributed by atoms with van der Waals surface area (Å²) in [5.74, 6) is 0.221. The molecule has 78 valence electrons. The van der Waals surface area contributed by atoms with Gasteiger partial charge in [-0.15, -0.1) is 0 Å². The molecule has 0 aliphatic heterocycles. The summed E-state index contributed by atoms with van der Waals surface area (Å²) in [5.41, 5.74) is 4.86. The quantitative estimate of drug-likeness (QED) is 0.722. The Morgan fingerprint density at radius 3 is 2.54 bits per heavy atom. The summed E-state index contributed by atoms with van der Waals surface area (Å²) in [7, 11) is 0. The van der Waals surface area contributed by atoms with Crippen LogP contribution in [0, 0.1) is 5.92 Å². The first-order chi connectivity index (χ1) is 6.12. The first-order valence-corrected chi connectivity index (χ1v) is 5.57. The molecule has 1 aliphatic carbocycles. The zero-order valence-corrected chi connectivity index (χ0v) is 8.85. The van der Waals surface area contributed by atoms with E-state index in [0.29, 0.717) is 6.42 Å². The molecule has 0 aromatic rings. The third kappa shape index (κ3) is 2.43. The van der Waals surface area contributed by atoms with Gasteiger partial charge in [-0.1, -0.05) is 26.7 Å². The topological polar surface area (TPSA) is 26.0 Å². The van der Waals surface area contributed by atoms with Gasteiger partial charge < -0.3 is 5.73 Å². The molecule has 1 aliphatic rings.